The van der Waals surface area contributed by atoms with E-state index in [1.165, 1.54) is 0 Å². The van der Waals surface area contributed by atoms with Crippen molar-refractivity contribution >= 4 is 22.2 Å². The summed E-state index contributed by atoms with van der Waals surface area (Å²) in [7, 11) is 1.98. The van der Waals surface area contributed by atoms with E-state index in [2.05, 4.69) is 32.7 Å². The Morgan fingerprint density at radius 3 is 2.93 bits per heavy atom. The number of aliphatic hydroxyl groups excluding tert-OH is 1. The van der Waals surface area contributed by atoms with Gasteiger partial charge in [0.2, 0.25) is 0 Å². The highest BCUT2D eigenvalue weighted by Gasteiger charge is 2.13. The van der Waals surface area contributed by atoms with Crippen LogP contribution >= 0.6 is 0 Å². The number of aromatic nitrogens is 8. The topological polar surface area (TPSA) is 99.5 Å². The summed E-state index contributed by atoms with van der Waals surface area (Å²) in [5.41, 5.74) is 5.18. The van der Waals surface area contributed by atoms with Gasteiger partial charge in [-0.25, -0.2) is 14.6 Å². The summed E-state index contributed by atoms with van der Waals surface area (Å²) < 4.78 is 5.51. The van der Waals surface area contributed by atoms with Crippen molar-refractivity contribution in [2.75, 3.05) is 6.61 Å². The second kappa shape index (κ2) is 6.54. The van der Waals surface area contributed by atoms with Crippen molar-refractivity contribution in [1.82, 2.24) is 39.3 Å². The fraction of sp³-hybridized carbons (Fsp3) is 0.211. The first-order chi connectivity index (χ1) is 13.7. The molecule has 5 heterocycles. The van der Waals surface area contributed by atoms with E-state index in [1.54, 1.807) is 21.8 Å². The van der Waals surface area contributed by atoms with Crippen molar-refractivity contribution in [3.05, 3.63) is 54.6 Å². The number of hydrogen-bond acceptors (Lipinski definition) is 6. The van der Waals surface area contributed by atoms with E-state index in [0.29, 0.717) is 18.7 Å². The molecule has 28 heavy (non-hydrogen) atoms. The number of nitrogens with zero attached hydrogens (tertiary/aromatic N) is 8. The van der Waals surface area contributed by atoms with Gasteiger partial charge in [-0.3, -0.25) is 4.68 Å². The SMILES string of the molecule is Cn1cc(Cn2nnc3ccc(-c4cnn(CCO)c4)nc32)c2cccnc21. The van der Waals surface area contributed by atoms with Crippen molar-refractivity contribution in [2.45, 2.75) is 13.1 Å². The van der Waals surface area contributed by atoms with Gasteiger partial charge in [0.15, 0.2) is 5.65 Å². The maximum atomic E-state index is 9.06. The largest absolute Gasteiger partial charge is 0.394 e. The maximum absolute atomic E-state index is 9.06. The third-order valence-electron chi connectivity index (χ3n) is 4.75. The average Bonchev–Trinajstić information content (AvgIpc) is 3.41. The summed E-state index contributed by atoms with van der Waals surface area (Å²) in [5.74, 6) is 0. The van der Waals surface area contributed by atoms with E-state index in [1.807, 2.05) is 36.0 Å². The van der Waals surface area contributed by atoms with Gasteiger partial charge >= 0.3 is 0 Å². The molecule has 0 spiro atoms. The lowest BCUT2D eigenvalue weighted by molar-refractivity contribution is 0.269. The van der Waals surface area contributed by atoms with Crippen LogP contribution in [0.1, 0.15) is 5.56 Å². The molecule has 1 N–H and O–H groups in total. The molecular formula is C19H18N8O. The van der Waals surface area contributed by atoms with Crippen LogP contribution in [0.4, 0.5) is 0 Å². The molecular weight excluding hydrogens is 356 g/mol. The summed E-state index contributed by atoms with van der Waals surface area (Å²) in [6.07, 6.45) is 7.47. The van der Waals surface area contributed by atoms with Crippen LogP contribution in [0.3, 0.4) is 0 Å². The zero-order valence-corrected chi connectivity index (χ0v) is 15.3. The minimum atomic E-state index is 0.0458. The smallest absolute Gasteiger partial charge is 0.179 e. The van der Waals surface area contributed by atoms with Gasteiger partial charge in [0.1, 0.15) is 11.2 Å². The Labute approximate surface area is 159 Å². The van der Waals surface area contributed by atoms with Crippen LogP contribution in [-0.2, 0) is 20.1 Å². The predicted molar refractivity (Wildman–Crippen MR) is 103 cm³/mol. The van der Waals surface area contributed by atoms with Gasteiger partial charge < -0.3 is 9.67 Å². The lowest BCUT2D eigenvalue weighted by atomic mass is 10.2. The fourth-order valence-electron chi connectivity index (χ4n) is 3.42. The molecule has 0 aliphatic heterocycles. The summed E-state index contributed by atoms with van der Waals surface area (Å²) in [4.78, 5) is 9.20. The van der Waals surface area contributed by atoms with E-state index in [0.717, 1.165) is 33.4 Å². The number of hydrogen-bond donors (Lipinski definition) is 1. The molecule has 5 aromatic rings. The Kier molecular flexibility index (Phi) is 3.87. The normalized spacial score (nSPS) is 11.6. The van der Waals surface area contributed by atoms with Crippen molar-refractivity contribution < 1.29 is 5.11 Å². The number of pyridine rings is 2. The highest BCUT2D eigenvalue weighted by atomic mass is 16.3. The van der Waals surface area contributed by atoms with Crippen LogP contribution in [0.2, 0.25) is 0 Å². The summed E-state index contributed by atoms with van der Waals surface area (Å²) >= 11 is 0. The highest BCUT2D eigenvalue weighted by Crippen LogP contribution is 2.22. The summed E-state index contributed by atoms with van der Waals surface area (Å²) in [5, 5.41) is 22.9. The van der Waals surface area contributed by atoms with Crippen LogP contribution in [0.15, 0.2) is 49.1 Å². The van der Waals surface area contributed by atoms with E-state index in [9.17, 15) is 0 Å². The zero-order valence-electron chi connectivity index (χ0n) is 15.3. The Balaban J connectivity index is 1.54. The lowest BCUT2D eigenvalue weighted by Crippen LogP contribution is -2.03. The van der Waals surface area contributed by atoms with Gasteiger partial charge in [-0.1, -0.05) is 5.21 Å². The Morgan fingerprint density at radius 1 is 1.11 bits per heavy atom. The van der Waals surface area contributed by atoms with E-state index in [-0.39, 0.29) is 6.61 Å². The summed E-state index contributed by atoms with van der Waals surface area (Å²) in [6.45, 7) is 1.06. The first kappa shape index (κ1) is 16.6. The second-order valence-electron chi connectivity index (χ2n) is 6.64. The first-order valence-corrected chi connectivity index (χ1v) is 8.96. The minimum absolute atomic E-state index is 0.0458. The van der Waals surface area contributed by atoms with Crippen molar-refractivity contribution in [3.63, 3.8) is 0 Å². The molecule has 0 aliphatic carbocycles. The van der Waals surface area contributed by atoms with Gasteiger partial charge in [0, 0.05) is 42.2 Å². The first-order valence-electron chi connectivity index (χ1n) is 8.96. The maximum Gasteiger partial charge on any atom is 0.179 e. The third-order valence-corrected chi connectivity index (χ3v) is 4.75. The van der Waals surface area contributed by atoms with E-state index >= 15 is 0 Å². The van der Waals surface area contributed by atoms with Gasteiger partial charge in [0.25, 0.3) is 0 Å². The van der Waals surface area contributed by atoms with Gasteiger partial charge in [-0.2, -0.15) is 5.10 Å². The standard InChI is InChI=1S/C19H18N8O/c1-25-10-14(15-3-2-6-20-18(15)25)12-27-19-17(23-24-27)5-4-16(22-19)13-9-21-26(11-13)7-8-28/h2-6,9-11,28H,7-8,12H2,1H3. The molecule has 0 amide bonds. The van der Waals surface area contributed by atoms with E-state index in [4.69, 9.17) is 10.1 Å². The molecule has 5 rings (SSSR count). The molecule has 0 aromatic carbocycles. The van der Waals surface area contributed by atoms with Gasteiger partial charge in [0.05, 0.1) is 31.6 Å². The molecule has 0 radical (unpaired) electrons. The average molecular weight is 374 g/mol. The van der Waals surface area contributed by atoms with Crippen LogP contribution < -0.4 is 0 Å². The van der Waals surface area contributed by atoms with Crippen LogP contribution in [0.25, 0.3) is 33.5 Å². The Hall–Kier alpha value is -3.59. The van der Waals surface area contributed by atoms with Crippen LogP contribution in [0.5, 0.6) is 0 Å². The van der Waals surface area contributed by atoms with Crippen LogP contribution in [0, 0.1) is 0 Å². The molecule has 9 heteroatoms. The minimum Gasteiger partial charge on any atom is -0.394 e. The molecule has 5 aromatic heterocycles. The number of aliphatic hydroxyl groups is 1. The highest BCUT2D eigenvalue weighted by molar-refractivity contribution is 5.80. The number of rotatable bonds is 5. The molecule has 0 fully saturated rings. The quantitative estimate of drug-likeness (QED) is 0.502. The summed E-state index contributed by atoms with van der Waals surface area (Å²) in [6, 6.07) is 7.82. The second-order valence-corrected chi connectivity index (χ2v) is 6.64. The molecule has 0 saturated heterocycles. The van der Waals surface area contributed by atoms with Crippen molar-refractivity contribution in [2.24, 2.45) is 7.05 Å². The van der Waals surface area contributed by atoms with Gasteiger partial charge in [-0.05, 0) is 24.3 Å². The van der Waals surface area contributed by atoms with Crippen molar-refractivity contribution in [1.29, 1.82) is 0 Å². The third kappa shape index (κ3) is 2.72. The fourth-order valence-corrected chi connectivity index (χ4v) is 3.42. The Bertz CT molecular complexity index is 1280. The van der Waals surface area contributed by atoms with E-state index < -0.39 is 0 Å². The Morgan fingerprint density at radius 2 is 2.04 bits per heavy atom. The lowest BCUT2D eigenvalue weighted by Gasteiger charge is -2.02. The predicted octanol–water partition coefficient (Wildman–Crippen LogP) is 1.62. The monoisotopic (exact) mass is 374 g/mol. The van der Waals surface area contributed by atoms with Crippen LogP contribution in [-0.4, -0.2) is 51.0 Å². The molecule has 0 saturated carbocycles. The zero-order chi connectivity index (χ0) is 19.1. The molecule has 0 bridgehead atoms. The van der Waals surface area contributed by atoms with Crippen molar-refractivity contribution in [3.8, 4) is 11.3 Å². The molecule has 0 atom stereocenters. The molecule has 140 valence electrons. The molecule has 0 aliphatic rings. The van der Waals surface area contributed by atoms with Gasteiger partial charge in [-0.15, -0.1) is 5.10 Å². The molecule has 9 nitrogen and oxygen atoms in total. The number of aryl methyl sites for hydroxylation is 1. The molecule has 0 unspecified atom stereocenters. The number of fused-ring (bicyclic) bond motifs is 2.